The number of hydrogen-bond acceptors (Lipinski definition) is 2. The van der Waals surface area contributed by atoms with E-state index in [1.54, 1.807) is 37.3 Å². The second-order valence-corrected chi connectivity index (χ2v) is 4.65. The number of alkyl halides is 3. The number of nitrogens with one attached hydrogen (secondary N) is 1. The Morgan fingerprint density at radius 1 is 1.32 bits per heavy atom. The summed E-state index contributed by atoms with van der Waals surface area (Å²) in [5, 5.41) is 11.6. The first-order valence-electron chi connectivity index (χ1n) is 5.77. The Balaban J connectivity index is 2.62. The lowest BCUT2D eigenvalue weighted by Crippen LogP contribution is -2.46. The summed E-state index contributed by atoms with van der Waals surface area (Å²) in [7, 11) is 0. The summed E-state index contributed by atoms with van der Waals surface area (Å²) in [5.74, 6) is -0.848. The topological polar surface area (TPSA) is 49.3 Å². The SMILES string of the molecule is CC(NC(=O)CC(C)(O)C(F)(F)F)c1ccccc1. The summed E-state index contributed by atoms with van der Waals surface area (Å²) < 4.78 is 37.3. The molecule has 2 atom stereocenters. The summed E-state index contributed by atoms with van der Waals surface area (Å²) in [6.07, 6.45) is -5.85. The van der Waals surface area contributed by atoms with Gasteiger partial charge in [0.1, 0.15) is 0 Å². The molecule has 0 aromatic heterocycles. The van der Waals surface area contributed by atoms with Crippen LogP contribution in [-0.4, -0.2) is 22.8 Å². The fraction of sp³-hybridized carbons (Fsp3) is 0.462. The molecule has 6 heteroatoms. The first-order valence-corrected chi connectivity index (χ1v) is 5.77. The molecule has 0 saturated carbocycles. The molecule has 0 radical (unpaired) electrons. The molecule has 1 aromatic rings. The highest BCUT2D eigenvalue weighted by molar-refractivity contribution is 5.77. The fourth-order valence-electron chi connectivity index (χ4n) is 1.53. The van der Waals surface area contributed by atoms with Crippen LogP contribution >= 0.6 is 0 Å². The summed E-state index contributed by atoms with van der Waals surface area (Å²) in [6.45, 7) is 2.25. The Morgan fingerprint density at radius 3 is 2.32 bits per heavy atom. The minimum absolute atomic E-state index is 0.419. The van der Waals surface area contributed by atoms with Crippen molar-refractivity contribution in [2.45, 2.75) is 38.1 Å². The van der Waals surface area contributed by atoms with Crippen molar-refractivity contribution in [2.75, 3.05) is 0 Å². The lowest BCUT2D eigenvalue weighted by Gasteiger charge is -2.26. The monoisotopic (exact) mass is 275 g/mol. The van der Waals surface area contributed by atoms with Crippen molar-refractivity contribution in [2.24, 2.45) is 0 Å². The molecule has 0 heterocycles. The average molecular weight is 275 g/mol. The standard InChI is InChI=1S/C13H16F3NO2/c1-9(10-6-4-3-5-7-10)17-11(18)8-12(2,19)13(14,15)16/h3-7,9,19H,8H2,1-2H3,(H,17,18). The van der Waals surface area contributed by atoms with E-state index in [4.69, 9.17) is 0 Å². The molecule has 106 valence electrons. The van der Waals surface area contributed by atoms with Crippen LogP contribution in [0.15, 0.2) is 30.3 Å². The maximum Gasteiger partial charge on any atom is 0.417 e. The minimum Gasteiger partial charge on any atom is -0.380 e. The molecule has 1 rings (SSSR count). The largest absolute Gasteiger partial charge is 0.417 e. The zero-order chi connectivity index (χ0) is 14.7. The van der Waals surface area contributed by atoms with Gasteiger partial charge in [0.25, 0.3) is 0 Å². The van der Waals surface area contributed by atoms with Crippen LogP contribution in [0.25, 0.3) is 0 Å². The molecule has 1 amide bonds. The summed E-state index contributed by atoms with van der Waals surface area (Å²) in [5.41, 5.74) is -2.24. The fourth-order valence-corrected chi connectivity index (χ4v) is 1.53. The van der Waals surface area contributed by atoms with Crippen molar-refractivity contribution in [3.05, 3.63) is 35.9 Å². The zero-order valence-electron chi connectivity index (χ0n) is 10.7. The van der Waals surface area contributed by atoms with Crippen LogP contribution in [0.1, 0.15) is 31.9 Å². The van der Waals surface area contributed by atoms with E-state index in [0.29, 0.717) is 6.92 Å². The third-order valence-corrected chi connectivity index (χ3v) is 2.79. The van der Waals surface area contributed by atoms with Crippen LogP contribution in [0.5, 0.6) is 0 Å². The van der Waals surface area contributed by atoms with Crippen LogP contribution in [0.2, 0.25) is 0 Å². The van der Waals surface area contributed by atoms with Gasteiger partial charge in [0.05, 0.1) is 12.5 Å². The van der Waals surface area contributed by atoms with E-state index in [1.807, 2.05) is 0 Å². The lowest BCUT2D eigenvalue weighted by molar-refractivity contribution is -0.253. The molecule has 0 aliphatic carbocycles. The molecule has 0 aliphatic heterocycles. The average Bonchev–Trinajstić information content (AvgIpc) is 2.27. The molecule has 0 aliphatic rings. The van der Waals surface area contributed by atoms with Gasteiger partial charge in [-0.05, 0) is 19.4 Å². The van der Waals surface area contributed by atoms with Gasteiger partial charge >= 0.3 is 6.18 Å². The van der Waals surface area contributed by atoms with Crippen molar-refractivity contribution in [3.8, 4) is 0 Å². The number of benzene rings is 1. The van der Waals surface area contributed by atoms with Gasteiger partial charge in [0.2, 0.25) is 5.91 Å². The van der Waals surface area contributed by atoms with Crippen molar-refractivity contribution in [1.82, 2.24) is 5.32 Å². The van der Waals surface area contributed by atoms with Gasteiger partial charge in [-0.1, -0.05) is 30.3 Å². The third kappa shape index (κ3) is 4.24. The number of carbonyl (C=O) groups excluding carboxylic acids is 1. The Kier molecular flexibility index (Phi) is 4.57. The lowest BCUT2D eigenvalue weighted by atomic mass is 10.0. The van der Waals surface area contributed by atoms with Gasteiger partial charge in [-0.2, -0.15) is 13.2 Å². The van der Waals surface area contributed by atoms with Crippen molar-refractivity contribution in [3.63, 3.8) is 0 Å². The molecular formula is C13H16F3NO2. The Bertz CT molecular complexity index is 429. The molecule has 19 heavy (non-hydrogen) atoms. The van der Waals surface area contributed by atoms with Crippen molar-refractivity contribution < 1.29 is 23.1 Å². The summed E-state index contributed by atoms with van der Waals surface area (Å²) in [6, 6.07) is 8.43. The van der Waals surface area contributed by atoms with Crippen LogP contribution in [0.3, 0.4) is 0 Å². The Morgan fingerprint density at radius 2 is 1.84 bits per heavy atom. The molecule has 0 spiro atoms. The van der Waals surface area contributed by atoms with E-state index in [2.05, 4.69) is 5.32 Å². The van der Waals surface area contributed by atoms with Crippen LogP contribution < -0.4 is 5.32 Å². The number of rotatable bonds is 4. The number of hydrogen-bond donors (Lipinski definition) is 2. The first kappa shape index (κ1) is 15.5. The van der Waals surface area contributed by atoms with Gasteiger partial charge in [0.15, 0.2) is 5.60 Å². The van der Waals surface area contributed by atoms with Crippen molar-refractivity contribution >= 4 is 5.91 Å². The predicted octanol–water partition coefficient (Wildman–Crippen LogP) is 2.57. The first-order chi connectivity index (χ1) is 8.63. The smallest absolute Gasteiger partial charge is 0.380 e. The summed E-state index contributed by atoms with van der Waals surface area (Å²) in [4.78, 5) is 11.5. The van der Waals surface area contributed by atoms with Crippen LogP contribution in [0.4, 0.5) is 13.2 Å². The van der Waals surface area contributed by atoms with Gasteiger partial charge in [-0.3, -0.25) is 4.79 Å². The molecule has 0 fully saturated rings. The van der Waals surface area contributed by atoms with E-state index in [0.717, 1.165) is 5.56 Å². The van der Waals surface area contributed by atoms with E-state index in [-0.39, 0.29) is 0 Å². The van der Waals surface area contributed by atoms with E-state index < -0.39 is 30.1 Å². The molecule has 2 N–H and O–H groups in total. The second kappa shape index (κ2) is 5.61. The van der Waals surface area contributed by atoms with Gasteiger partial charge in [-0.15, -0.1) is 0 Å². The number of aliphatic hydroxyl groups is 1. The molecule has 2 unspecified atom stereocenters. The second-order valence-electron chi connectivity index (χ2n) is 4.65. The van der Waals surface area contributed by atoms with Crippen LogP contribution in [0, 0.1) is 0 Å². The Labute approximate surface area is 109 Å². The highest BCUT2D eigenvalue weighted by Crippen LogP contribution is 2.32. The predicted molar refractivity (Wildman–Crippen MR) is 64.3 cm³/mol. The maximum absolute atomic E-state index is 12.4. The molecule has 0 saturated heterocycles. The van der Waals surface area contributed by atoms with E-state index >= 15 is 0 Å². The van der Waals surface area contributed by atoms with Gasteiger partial charge < -0.3 is 10.4 Å². The minimum atomic E-state index is -4.83. The zero-order valence-corrected chi connectivity index (χ0v) is 10.7. The number of halogens is 3. The number of amides is 1. The molecule has 3 nitrogen and oxygen atoms in total. The molecular weight excluding hydrogens is 259 g/mol. The number of carbonyl (C=O) groups is 1. The highest BCUT2D eigenvalue weighted by Gasteiger charge is 2.51. The highest BCUT2D eigenvalue weighted by atomic mass is 19.4. The van der Waals surface area contributed by atoms with Crippen molar-refractivity contribution in [1.29, 1.82) is 0 Å². The van der Waals surface area contributed by atoms with E-state index in [1.165, 1.54) is 0 Å². The van der Waals surface area contributed by atoms with Gasteiger partial charge in [0, 0.05) is 0 Å². The quantitative estimate of drug-likeness (QED) is 0.887. The third-order valence-electron chi connectivity index (χ3n) is 2.79. The maximum atomic E-state index is 12.4. The molecule has 0 bridgehead atoms. The normalized spacial score (nSPS) is 16.5. The van der Waals surface area contributed by atoms with Crippen LogP contribution in [-0.2, 0) is 4.79 Å². The van der Waals surface area contributed by atoms with E-state index in [9.17, 15) is 23.1 Å². The molecule has 1 aromatic carbocycles. The summed E-state index contributed by atoms with van der Waals surface area (Å²) >= 11 is 0. The van der Waals surface area contributed by atoms with Gasteiger partial charge in [-0.25, -0.2) is 0 Å². The Hall–Kier alpha value is -1.56.